The van der Waals surface area contributed by atoms with E-state index in [1.807, 2.05) is 64.1 Å². The number of dihydropyridines is 1. The highest BCUT2D eigenvalue weighted by molar-refractivity contribution is 6.04. The summed E-state index contributed by atoms with van der Waals surface area (Å²) >= 11 is 0. The molecule has 2 aromatic carbocycles. The molecule has 0 aromatic heterocycles. The van der Waals surface area contributed by atoms with E-state index in [0.29, 0.717) is 47.8 Å². The number of benzene rings is 2. The highest BCUT2D eigenvalue weighted by Crippen LogP contribution is 2.47. The average molecular weight is 490 g/mol. The third-order valence-electron chi connectivity index (χ3n) is 6.64. The predicted octanol–water partition coefficient (Wildman–Crippen LogP) is 5.80. The molecule has 36 heavy (non-hydrogen) atoms. The molecule has 1 heterocycles. The summed E-state index contributed by atoms with van der Waals surface area (Å²) in [6.07, 6.45) is 1.68. The molecule has 1 aliphatic carbocycles. The van der Waals surface area contributed by atoms with E-state index >= 15 is 0 Å². The van der Waals surface area contributed by atoms with E-state index in [2.05, 4.69) is 17.4 Å². The maximum Gasteiger partial charge on any atom is 0.337 e. The van der Waals surface area contributed by atoms with Crippen LogP contribution in [0.2, 0.25) is 0 Å². The standard InChI is InChI=1S/C30H35NO5/c1-6-14-35-25-13-12-21(17-26(25)34-5)28-27(30(33)36-18(2)3)19(4)31-23-15-22(16-24(32)29(23)28)20-10-8-7-9-11-20/h7-13,17-18,22,28,31H,6,14-16H2,1-5H3/t22-,28+/m0/s1. The molecule has 0 radical (unpaired) electrons. The molecule has 1 N–H and O–H groups in total. The first kappa shape index (κ1) is 25.5. The Hall–Kier alpha value is -3.54. The summed E-state index contributed by atoms with van der Waals surface area (Å²) in [7, 11) is 1.59. The van der Waals surface area contributed by atoms with Gasteiger partial charge in [-0.05, 0) is 62.8 Å². The van der Waals surface area contributed by atoms with Gasteiger partial charge in [0.05, 0.1) is 25.4 Å². The predicted molar refractivity (Wildman–Crippen MR) is 139 cm³/mol. The third-order valence-corrected chi connectivity index (χ3v) is 6.64. The molecule has 1 aliphatic heterocycles. The fourth-order valence-electron chi connectivity index (χ4n) is 5.08. The summed E-state index contributed by atoms with van der Waals surface area (Å²) in [5, 5.41) is 3.40. The number of nitrogens with one attached hydrogen (secondary N) is 1. The molecule has 2 aromatic rings. The number of carbonyl (C=O) groups is 2. The van der Waals surface area contributed by atoms with Gasteiger partial charge in [0.1, 0.15) is 0 Å². The van der Waals surface area contributed by atoms with E-state index in [4.69, 9.17) is 14.2 Å². The number of hydrogen-bond donors (Lipinski definition) is 1. The fraction of sp³-hybridized carbons (Fsp3) is 0.400. The lowest BCUT2D eigenvalue weighted by Crippen LogP contribution is -2.36. The van der Waals surface area contributed by atoms with Crippen LogP contribution in [0, 0.1) is 0 Å². The maximum absolute atomic E-state index is 13.7. The number of esters is 1. The van der Waals surface area contributed by atoms with Crippen molar-refractivity contribution in [1.29, 1.82) is 0 Å². The highest BCUT2D eigenvalue weighted by Gasteiger charge is 2.41. The number of Topliss-reactive ketones (excluding diaryl/α,β-unsaturated/α-hetero) is 1. The van der Waals surface area contributed by atoms with Crippen LogP contribution in [0.25, 0.3) is 0 Å². The summed E-state index contributed by atoms with van der Waals surface area (Å²) in [6, 6.07) is 15.8. The molecule has 6 nitrogen and oxygen atoms in total. The van der Waals surface area contributed by atoms with Crippen molar-refractivity contribution in [3.05, 3.63) is 82.2 Å². The Kier molecular flexibility index (Phi) is 7.82. The molecule has 0 spiro atoms. The SMILES string of the molecule is CCCOc1ccc([C@@H]2C(C(=O)OC(C)C)=C(C)NC3=C2C(=O)C[C@@H](c2ccccc2)C3)cc1OC. The van der Waals surface area contributed by atoms with Crippen molar-refractivity contribution in [2.75, 3.05) is 13.7 Å². The quantitative estimate of drug-likeness (QED) is 0.473. The minimum Gasteiger partial charge on any atom is -0.493 e. The van der Waals surface area contributed by atoms with Crippen LogP contribution in [0.1, 0.15) is 69.9 Å². The number of rotatable bonds is 8. The van der Waals surface area contributed by atoms with Crippen molar-refractivity contribution in [2.24, 2.45) is 0 Å². The number of carbonyl (C=O) groups excluding carboxylic acids is 2. The van der Waals surface area contributed by atoms with E-state index in [1.54, 1.807) is 7.11 Å². The van der Waals surface area contributed by atoms with Gasteiger partial charge in [-0.15, -0.1) is 0 Å². The van der Waals surface area contributed by atoms with Crippen LogP contribution in [0.3, 0.4) is 0 Å². The zero-order valence-electron chi connectivity index (χ0n) is 21.7. The van der Waals surface area contributed by atoms with Crippen molar-refractivity contribution in [3.63, 3.8) is 0 Å². The molecule has 2 aliphatic rings. The van der Waals surface area contributed by atoms with Gasteiger partial charge in [0, 0.05) is 29.3 Å². The van der Waals surface area contributed by atoms with Crippen LogP contribution in [-0.4, -0.2) is 31.6 Å². The number of hydrogen-bond acceptors (Lipinski definition) is 6. The van der Waals surface area contributed by atoms with E-state index in [0.717, 1.165) is 23.2 Å². The van der Waals surface area contributed by atoms with Gasteiger partial charge in [-0.25, -0.2) is 4.79 Å². The molecule has 0 saturated carbocycles. The lowest BCUT2D eigenvalue weighted by atomic mass is 9.71. The van der Waals surface area contributed by atoms with Crippen molar-refractivity contribution in [1.82, 2.24) is 5.32 Å². The monoisotopic (exact) mass is 489 g/mol. The minimum atomic E-state index is -0.550. The van der Waals surface area contributed by atoms with Gasteiger partial charge in [0.25, 0.3) is 0 Å². The van der Waals surface area contributed by atoms with Crippen molar-refractivity contribution >= 4 is 11.8 Å². The van der Waals surface area contributed by atoms with Crippen molar-refractivity contribution < 1.29 is 23.8 Å². The Balaban J connectivity index is 1.81. The first-order chi connectivity index (χ1) is 17.3. The summed E-state index contributed by atoms with van der Waals surface area (Å²) < 4.78 is 17.1. The Labute approximate surface area is 213 Å². The lowest BCUT2D eigenvalue weighted by Gasteiger charge is -2.37. The molecular weight excluding hydrogens is 454 g/mol. The smallest absolute Gasteiger partial charge is 0.337 e. The van der Waals surface area contributed by atoms with Crippen molar-refractivity contribution in [3.8, 4) is 11.5 Å². The molecule has 4 rings (SSSR count). The second-order valence-corrected chi connectivity index (χ2v) is 9.64. The van der Waals surface area contributed by atoms with Gasteiger partial charge in [0.2, 0.25) is 0 Å². The molecule has 0 unspecified atom stereocenters. The van der Waals surface area contributed by atoms with Crippen LogP contribution >= 0.6 is 0 Å². The number of ketones is 1. The van der Waals surface area contributed by atoms with Crippen LogP contribution in [-0.2, 0) is 14.3 Å². The van der Waals surface area contributed by atoms with Gasteiger partial charge in [-0.2, -0.15) is 0 Å². The molecule has 6 heteroatoms. The average Bonchev–Trinajstić information content (AvgIpc) is 2.86. The van der Waals surface area contributed by atoms with Gasteiger partial charge in [0.15, 0.2) is 17.3 Å². The molecule has 190 valence electrons. The van der Waals surface area contributed by atoms with Crippen LogP contribution in [0.15, 0.2) is 71.1 Å². The summed E-state index contributed by atoms with van der Waals surface area (Å²) in [5.41, 5.74) is 4.60. The Morgan fingerprint density at radius 1 is 1.06 bits per heavy atom. The Morgan fingerprint density at radius 2 is 1.81 bits per heavy atom. The Morgan fingerprint density at radius 3 is 2.47 bits per heavy atom. The van der Waals surface area contributed by atoms with Gasteiger partial charge < -0.3 is 19.5 Å². The van der Waals surface area contributed by atoms with Gasteiger partial charge in [-0.3, -0.25) is 4.79 Å². The highest BCUT2D eigenvalue weighted by atomic mass is 16.5. The summed E-state index contributed by atoms with van der Waals surface area (Å²) in [4.78, 5) is 27.0. The zero-order valence-corrected chi connectivity index (χ0v) is 21.7. The molecule has 0 amide bonds. The maximum atomic E-state index is 13.7. The summed E-state index contributed by atoms with van der Waals surface area (Å²) in [6.45, 7) is 8.14. The Bertz CT molecular complexity index is 1200. The molecule has 0 saturated heterocycles. The van der Waals surface area contributed by atoms with Crippen LogP contribution in [0.4, 0.5) is 0 Å². The zero-order chi connectivity index (χ0) is 25.8. The first-order valence-electron chi connectivity index (χ1n) is 12.6. The van der Waals surface area contributed by atoms with E-state index in [-0.39, 0.29) is 17.8 Å². The van der Waals surface area contributed by atoms with Crippen molar-refractivity contribution in [2.45, 2.75) is 64.9 Å². The first-order valence-corrected chi connectivity index (χ1v) is 12.6. The normalized spacial score (nSPS) is 19.7. The fourth-order valence-corrected chi connectivity index (χ4v) is 5.08. The van der Waals surface area contributed by atoms with Crippen LogP contribution in [0.5, 0.6) is 11.5 Å². The van der Waals surface area contributed by atoms with Gasteiger partial charge in [-0.1, -0.05) is 43.3 Å². The van der Waals surface area contributed by atoms with Gasteiger partial charge >= 0.3 is 5.97 Å². The van der Waals surface area contributed by atoms with E-state index in [1.165, 1.54) is 0 Å². The number of ether oxygens (including phenoxy) is 3. The van der Waals surface area contributed by atoms with Crippen LogP contribution < -0.4 is 14.8 Å². The third kappa shape index (κ3) is 5.18. The molecule has 0 bridgehead atoms. The van der Waals surface area contributed by atoms with E-state index in [9.17, 15) is 9.59 Å². The second-order valence-electron chi connectivity index (χ2n) is 9.64. The number of methoxy groups -OCH3 is 1. The number of allylic oxidation sites excluding steroid dienone is 3. The topological polar surface area (TPSA) is 73.9 Å². The largest absolute Gasteiger partial charge is 0.493 e. The molecular formula is C30H35NO5. The van der Waals surface area contributed by atoms with E-state index < -0.39 is 11.9 Å². The molecule has 0 fully saturated rings. The lowest BCUT2D eigenvalue weighted by molar-refractivity contribution is -0.143. The molecule has 2 atom stereocenters. The summed E-state index contributed by atoms with van der Waals surface area (Å²) in [5.74, 6) is 0.358. The minimum absolute atomic E-state index is 0.0372. The second kappa shape index (κ2) is 11.0.